The first-order chi connectivity index (χ1) is 9.13. The number of carbonyl (C=O) groups is 1. The number of nitrogens with one attached hydrogen (secondary N) is 1. The van der Waals surface area contributed by atoms with Gasteiger partial charge in [0.25, 0.3) is 5.91 Å². The van der Waals surface area contributed by atoms with Crippen molar-refractivity contribution in [2.45, 2.75) is 19.4 Å². The lowest BCUT2D eigenvalue weighted by Crippen LogP contribution is -2.32. The monoisotopic (exact) mass is 260 g/mol. The van der Waals surface area contributed by atoms with Gasteiger partial charge in [-0.3, -0.25) is 9.89 Å². The summed E-state index contributed by atoms with van der Waals surface area (Å²) in [7, 11) is 0. The summed E-state index contributed by atoms with van der Waals surface area (Å²) >= 11 is 0. The Labute approximate surface area is 110 Å². The molecular weight excluding hydrogens is 244 g/mol. The molecule has 1 aliphatic heterocycles. The van der Waals surface area contributed by atoms with Crippen molar-refractivity contribution < 1.29 is 9.21 Å². The number of aryl methyl sites for hydroxylation is 1. The van der Waals surface area contributed by atoms with E-state index in [1.54, 1.807) is 11.0 Å². The lowest BCUT2D eigenvalue weighted by atomic mass is 10.3. The van der Waals surface area contributed by atoms with Crippen LogP contribution >= 0.6 is 0 Å². The highest BCUT2D eigenvalue weighted by molar-refractivity contribution is 5.93. The summed E-state index contributed by atoms with van der Waals surface area (Å²) in [5, 5.41) is 6.88. The SMILES string of the molecule is Cc1ccc(-c2cc(C(=O)N3CC[C@@H](N)C3)n[nH]2)o1. The van der Waals surface area contributed by atoms with Gasteiger partial charge in [-0.2, -0.15) is 5.10 Å². The van der Waals surface area contributed by atoms with E-state index in [-0.39, 0.29) is 11.9 Å². The van der Waals surface area contributed by atoms with Crippen molar-refractivity contribution in [3.8, 4) is 11.5 Å². The summed E-state index contributed by atoms with van der Waals surface area (Å²) < 4.78 is 5.49. The maximum Gasteiger partial charge on any atom is 0.274 e. The summed E-state index contributed by atoms with van der Waals surface area (Å²) in [6.07, 6.45) is 0.848. The largest absolute Gasteiger partial charge is 0.460 e. The Bertz CT molecular complexity index is 601. The van der Waals surface area contributed by atoms with E-state index >= 15 is 0 Å². The van der Waals surface area contributed by atoms with Crippen LogP contribution in [0.1, 0.15) is 22.7 Å². The van der Waals surface area contributed by atoms with Gasteiger partial charge in [-0.15, -0.1) is 0 Å². The van der Waals surface area contributed by atoms with Gasteiger partial charge in [0.1, 0.15) is 11.5 Å². The van der Waals surface area contributed by atoms with E-state index in [1.165, 1.54) is 0 Å². The van der Waals surface area contributed by atoms with Crippen molar-refractivity contribution in [1.82, 2.24) is 15.1 Å². The van der Waals surface area contributed by atoms with Crippen molar-refractivity contribution in [2.24, 2.45) is 5.73 Å². The van der Waals surface area contributed by atoms with Crippen LogP contribution in [0.5, 0.6) is 0 Å². The Morgan fingerprint density at radius 2 is 2.42 bits per heavy atom. The molecule has 3 heterocycles. The second kappa shape index (κ2) is 4.55. The van der Waals surface area contributed by atoms with Gasteiger partial charge in [-0.1, -0.05) is 0 Å². The number of rotatable bonds is 2. The van der Waals surface area contributed by atoms with Crippen LogP contribution in [0.4, 0.5) is 0 Å². The number of aromatic nitrogens is 2. The minimum atomic E-state index is -0.0845. The van der Waals surface area contributed by atoms with Gasteiger partial charge < -0.3 is 15.1 Å². The Hall–Kier alpha value is -2.08. The number of nitrogens with zero attached hydrogens (tertiary/aromatic N) is 2. The highest BCUT2D eigenvalue weighted by Crippen LogP contribution is 2.21. The zero-order valence-corrected chi connectivity index (χ0v) is 10.7. The van der Waals surface area contributed by atoms with Crippen LogP contribution in [-0.4, -0.2) is 40.1 Å². The van der Waals surface area contributed by atoms with Crippen molar-refractivity contribution in [3.05, 3.63) is 29.7 Å². The molecule has 0 aliphatic carbocycles. The molecule has 1 fully saturated rings. The third-order valence-corrected chi connectivity index (χ3v) is 3.31. The molecule has 1 atom stereocenters. The second-order valence-corrected chi connectivity index (χ2v) is 4.88. The number of amides is 1. The molecule has 1 aliphatic rings. The first-order valence-electron chi connectivity index (χ1n) is 6.30. The molecule has 3 rings (SSSR count). The lowest BCUT2D eigenvalue weighted by molar-refractivity contribution is 0.0785. The van der Waals surface area contributed by atoms with Crippen LogP contribution in [0, 0.1) is 6.92 Å². The third kappa shape index (κ3) is 2.26. The Morgan fingerprint density at radius 3 is 3.05 bits per heavy atom. The van der Waals surface area contributed by atoms with Crippen LogP contribution in [0.3, 0.4) is 0 Å². The molecule has 19 heavy (non-hydrogen) atoms. The lowest BCUT2D eigenvalue weighted by Gasteiger charge is -2.13. The van der Waals surface area contributed by atoms with Crippen molar-refractivity contribution in [1.29, 1.82) is 0 Å². The molecular formula is C13H16N4O2. The highest BCUT2D eigenvalue weighted by Gasteiger charge is 2.26. The fourth-order valence-corrected chi connectivity index (χ4v) is 2.27. The zero-order valence-electron chi connectivity index (χ0n) is 10.7. The summed E-state index contributed by atoms with van der Waals surface area (Å²) in [5.41, 5.74) is 6.91. The molecule has 2 aromatic rings. The molecule has 100 valence electrons. The van der Waals surface area contributed by atoms with E-state index in [0.29, 0.717) is 30.2 Å². The van der Waals surface area contributed by atoms with Crippen LogP contribution in [-0.2, 0) is 0 Å². The Balaban J connectivity index is 1.79. The number of nitrogens with two attached hydrogens (primary N) is 1. The van der Waals surface area contributed by atoms with Gasteiger partial charge in [-0.25, -0.2) is 0 Å². The van der Waals surface area contributed by atoms with E-state index in [2.05, 4.69) is 10.2 Å². The smallest absolute Gasteiger partial charge is 0.274 e. The maximum atomic E-state index is 12.2. The van der Waals surface area contributed by atoms with Gasteiger partial charge in [0.15, 0.2) is 11.5 Å². The Morgan fingerprint density at radius 1 is 1.58 bits per heavy atom. The minimum Gasteiger partial charge on any atom is -0.460 e. The molecule has 1 saturated heterocycles. The standard InChI is InChI=1S/C13H16N4O2/c1-8-2-3-12(19-8)10-6-11(16-15-10)13(18)17-5-4-9(14)7-17/h2-3,6,9H,4-5,7,14H2,1H3,(H,15,16)/t9-/m1/s1. The predicted octanol–water partition coefficient (Wildman–Crippen LogP) is 1.15. The minimum absolute atomic E-state index is 0.0788. The highest BCUT2D eigenvalue weighted by atomic mass is 16.3. The average Bonchev–Trinajstić information content (AvgIpc) is 3.07. The number of likely N-dealkylation sites (tertiary alicyclic amines) is 1. The van der Waals surface area contributed by atoms with Gasteiger partial charge in [-0.05, 0) is 25.5 Å². The number of hydrogen-bond acceptors (Lipinski definition) is 4. The molecule has 0 radical (unpaired) electrons. The van der Waals surface area contributed by atoms with Crippen molar-refractivity contribution >= 4 is 5.91 Å². The topological polar surface area (TPSA) is 88.1 Å². The van der Waals surface area contributed by atoms with E-state index < -0.39 is 0 Å². The summed E-state index contributed by atoms with van der Waals surface area (Å²) in [6.45, 7) is 3.17. The average molecular weight is 260 g/mol. The van der Waals surface area contributed by atoms with Gasteiger partial charge in [0.05, 0.1) is 0 Å². The number of furan rings is 1. The predicted molar refractivity (Wildman–Crippen MR) is 69.5 cm³/mol. The molecule has 2 aromatic heterocycles. The maximum absolute atomic E-state index is 12.2. The normalized spacial score (nSPS) is 19.1. The quantitative estimate of drug-likeness (QED) is 0.847. The van der Waals surface area contributed by atoms with Crippen LogP contribution < -0.4 is 5.73 Å². The van der Waals surface area contributed by atoms with Crippen molar-refractivity contribution in [3.63, 3.8) is 0 Å². The van der Waals surface area contributed by atoms with Crippen LogP contribution in [0.2, 0.25) is 0 Å². The molecule has 3 N–H and O–H groups in total. The number of H-pyrrole nitrogens is 1. The zero-order chi connectivity index (χ0) is 13.4. The van der Waals surface area contributed by atoms with Gasteiger partial charge >= 0.3 is 0 Å². The molecule has 6 nitrogen and oxygen atoms in total. The summed E-state index contributed by atoms with van der Waals surface area (Å²) in [4.78, 5) is 13.9. The van der Waals surface area contributed by atoms with Crippen LogP contribution in [0.15, 0.2) is 22.6 Å². The fraction of sp³-hybridized carbons (Fsp3) is 0.385. The molecule has 0 saturated carbocycles. The molecule has 6 heteroatoms. The van der Waals surface area contributed by atoms with E-state index in [1.807, 2.05) is 19.1 Å². The summed E-state index contributed by atoms with van der Waals surface area (Å²) in [5.74, 6) is 1.42. The Kier molecular flexibility index (Phi) is 2.87. The first-order valence-corrected chi connectivity index (χ1v) is 6.30. The molecule has 1 amide bonds. The van der Waals surface area contributed by atoms with Crippen molar-refractivity contribution in [2.75, 3.05) is 13.1 Å². The molecule has 0 unspecified atom stereocenters. The third-order valence-electron chi connectivity index (χ3n) is 3.31. The van der Waals surface area contributed by atoms with Crippen LogP contribution in [0.25, 0.3) is 11.5 Å². The molecule has 0 bridgehead atoms. The van der Waals surface area contributed by atoms with E-state index in [9.17, 15) is 4.79 Å². The molecule has 0 spiro atoms. The molecule has 0 aromatic carbocycles. The van der Waals surface area contributed by atoms with Gasteiger partial charge in [0, 0.05) is 25.2 Å². The number of carbonyl (C=O) groups excluding carboxylic acids is 1. The number of hydrogen-bond donors (Lipinski definition) is 2. The van der Waals surface area contributed by atoms with Gasteiger partial charge in [0.2, 0.25) is 0 Å². The van der Waals surface area contributed by atoms with E-state index in [4.69, 9.17) is 10.2 Å². The first kappa shape index (κ1) is 12.0. The summed E-state index contributed by atoms with van der Waals surface area (Å²) in [6, 6.07) is 5.51. The number of aromatic amines is 1. The second-order valence-electron chi connectivity index (χ2n) is 4.88. The fourth-order valence-electron chi connectivity index (χ4n) is 2.27. The van der Waals surface area contributed by atoms with E-state index in [0.717, 1.165) is 12.2 Å².